The largest absolute Gasteiger partial charge is 0.349 e. The highest BCUT2D eigenvalue weighted by Crippen LogP contribution is 2.45. The van der Waals surface area contributed by atoms with Gasteiger partial charge in [0.2, 0.25) is 5.91 Å². The first-order chi connectivity index (χ1) is 12.5. The van der Waals surface area contributed by atoms with Crippen LogP contribution in [-0.4, -0.2) is 26.4 Å². The summed E-state index contributed by atoms with van der Waals surface area (Å²) in [7, 11) is 0. The highest BCUT2D eigenvalue weighted by atomic mass is 35.5. The first-order valence-electron chi connectivity index (χ1n) is 8.85. The molecular formula is C18H20Cl2N4OS. The number of benzene rings is 1. The smallest absolute Gasteiger partial charge is 0.230 e. The van der Waals surface area contributed by atoms with Crippen molar-refractivity contribution in [1.82, 2.24) is 20.1 Å². The molecule has 1 aromatic carbocycles. The van der Waals surface area contributed by atoms with Crippen LogP contribution in [0.5, 0.6) is 0 Å². The van der Waals surface area contributed by atoms with Gasteiger partial charge in [0.15, 0.2) is 5.16 Å². The Labute approximate surface area is 166 Å². The van der Waals surface area contributed by atoms with Crippen LogP contribution in [0.2, 0.25) is 10.0 Å². The molecule has 1 amide bonds. The minimum atomic E-state index is -0.138. The standard InChI is InChI=1S/C18H20Cl2N4OS/c1-10(12-4-7-14(19)15(20)8-12)21-16(25)9-26-18-23-22-17(11-2-3-11)24(18)13-5-6-13/h4,7-8,10-11,13H,2-3,5-6,9H2,1H3,(H,21,25)/t10-/m1/s1. The molecule has 0 aliphatic heterocycles. The maximum atomic E-state index is 12.4. The molecule has 0 spiro atoms. The first kappa shape index (κ1) is 18.1. The van der Waals surface area contributed by atoms with Crippen LogP contribution < -0.4 is 5.32 Å². The van der Waals surface area contributed by atoms with Gasteiger partial charge in [0.25, 0.3) is 0 Å². The van der Waals surface area contributed by atoms with Crippen LogP contribution in [0.25, 0.3) is 0 Å². The fourth-order valence-electron chi connectivity index (χ4n) is 2.96. The second-order valence-electron chi connectivity index (χ2n) is 6.97. The number of nitrogens with zero attached hydrogens (tertiary/aromatic N) is 3. The van der Waals surface area contributed by atoms with Crippen molar-refractivity contribution in [3.63, 3.8) is 0 Å². The predicted octanol–water partition coefficient (Wildman–Crippen LogP) is 4.77. The van der Waals surface area contributed by atoms with Crippen LogP contribution in [0.4, 0.5) is 0 Å². The fraction of sp³-hybridized carbons (Fsp3) is 0.500. The number of carbonyl (C=O) groups excluding carboxylic acids is 1. The van der Waals surface area contributed by atoms with E-state index in [0.29, 0.717) is 27.8 Å². The monoisotopic (exact) mass is 410 g/mol. The zero-order chi connectivity index (χ0) is 18.3. The molecule has 2 aliphatic rings. The number of aromatic nitrogens is 3. The lowest BCUT2D eigenvalue weighted by atomic mass is 10.1. The molecule has 2 aliphatic carbocycles. The summed E-state index contributed by atoms with van der Waals surface area (Å²) in [6.45, 7) is 1.93. The average Bonchev–Trinajstić information content (AvgIpc) is 3.54. The van der Waals surface area contributed by atoms with Crippen molar-refractivity contribution in [2.45, 2.75) is 55.8 Å². The summed E-state index contributed by atoms with van der Waals surface area (Å²) in [5, 5.41) is 13.6. The van der Waals surface area contributed by atoms with E-state index in [4.69, 9.17) is 23.2 Å². The zero-order valence-corrected chi connectivity index (χ0v) is 16.7. The normalized spacial score (nSPS) is 18.0. The molecule has 2 aromatic rings. The Morgan fingerprint density at radius 1 is 1.27 bits per heavy atom. The lowest BCUT2D eigenvalue weighted by Gasteiger charge is -2.15. The van der Waals surface area contributed by atoms with Crippen molar-refractivity contribution in [3.8, 4) is 0 Å². The van der Waals surface area contributed by atoms with E-state index in [-0.39, 0.29) is 11.9 Å². The Hall–Kier alpha value is -1.24. The minimum Gasteiger partial charge on any atom is -0.349 e. The van der Waals surface area contributed by atoms with Crippen LogP contribution in [0.15, 0.2) is 23.4 Å². The summed E-state index contributed by atoms with van der Waals surface area (Å²) in [6.07, 6.45) is 4.78. The first-order valence-corrected chi connectivity index (χ1v) is 10.6. The van der Waals surface area contributed by atoms with Gasteiger partial charge in [0, 0.05) is 12.0 Å². The van der Waals surface area contributed by atoms with Gasteiger partial charge in [0.05, 0.1) is 21.8 Å². The van der Waals surface area contributed by atoms with Crippen LogP contribution in [0.3, 0.4) is 0 Å². The molecule has 0 unspecified atom stereocenters. The Balaban J connectivity index is 1.36. The van der Waals surface area contributed by atoms with Gasteiger partial charge in [-0.3, -0.25) is 4.79 Å². The van der Waals surface area contributed by atoms with Gasteiger partial charge in [-0.25, -0.2) is 0 Å². The number of hydrogen-bond acceptors (Lipinski definition) is 4. The summed E-state index contributed by atoms with van der Waals surface area (Å²) in [6, 6.07) is 5.79. The predicted molar refractivity (Wildman–Crippen MR) is 104 cm³/mol. The maximum absolute atomic E-state index is 12.4. The third-order valence-electron chi connectivity index (χ3n) is 4.70. The van der Waals surface area contributed by atoms with Crippen molar-refractivity contribution >= 4 is 40.9 Å². The molecule has 0 bridgehead atoms. The highest BCUT2D eigenvalue weighted by molar-refractivity contribution is 7.99. The van der Waals surface area contributed by atoms with Crippen LogP contribution in [-0.2, 0) is 4.79 Å². The Kier molecular flexibility index (Phi) is 5.17. The second kappa shape index (κ2) is 7.41. The molecule has 1 aromatic heterocycles. The topological polar surface area (TPSA) is 59.8 Å². The molecule has 1 atom stereocenters. The van der Waals surface area contributed by atoms with Crippen molar-refractivity contribution in [2.24, 2.45) is 0 Å². The zero-order valence-electron chi connectivity index (χ0n) is 14.4. The highest BCUT2D eigenvalue weighted by Gasteiger charge is 2.36. The lowest BCUT2D eigenvalue weighted by Crippen LogP contribution is -2.28. The Bertz CT molecular complexity index is 833. The van der Waals surface area contributed by atoms with E-state index in [9.17, 15) is 4.79 Å². The van der Waals surface area contributed by atoms with Crippen LogP contribution in [0.1, 0.15) is 62.0 Å². The second-order valence-corrected chi connectivity index (χ2v) is 8.72. The molecule has 1 heterocycles. The van der Waals surface area contributed by atoms with Gasteiger partial charge in [-0.15, -0.1) is 10.2 Å². The van der Waals surface area contributed by atoms with Gasteiger partial charge < -0.3 is 9.88 Å². The molecule has 4 rings (SSSR count). The lowest BCUT2D eigenvalue weighted by molar-refractivity contribution is -0.119. The van der Waals surface area contributed by atoms with E-state index in [1.807, 2.05) is 13.0 Å². The molecule has 2 fully saturated rings. The Morgan fingerprint density at radius 3 is 2.69 bits per heavy atom. The van der Waals surface area contributed by atoms with E-state index in [2.05, 4.69) is 20.1 Å². The van der Waals surface area contributed by atoms with Crippen LogP contribution in [0, 0.1) is 0 Å². The molecule has 0 radical (unpaired) electrons. The number of carbonyl (C=O) groups is 1. The number of halogens is 2. The summed E-state index contributed by atoms with van der Waals surface area (Å²) in [5.41, 5.74) is 0.926. The van der Waals surface area contributed by atoms with Gasteiger partial charge in [-0.05, 0) is 50.3 Å². The number of rotatable bonds is 7. The van der Waals surface area contributed by atoms with Crippen molar-refractivity contribution in [2.75, 3.05) is 5.75 Å². The van der Waals surface area contributed by atoms with Crippen molar-refractivity contribution in [1.29, 1.82) is 0 Å². The number of nitrogens with one attached hydrogen (secondary N) is 1. The number of thioether (sulfide) groups is 1. The maximum Gasteiger partial charge on any atom is 0.230 e. The van der Waals surface area contributed by atoms with Gasteiger partial charge in [-0.2, -0.15) is 0 Å². The molecule has 1 N–H and O–H groups in total. The molecule has 138 valence electrons. The summed E-state index contributed by atoms with van der Waals surface area (Å²) in [5.74, 6) is 1.97. The van der Waals surface area contributed by atoms with Crippen molar-refractivity contribution < 1.29 is 4.79 Å². The molecule has 2 saturated carbocycles. The SMILES string of the molecule is C[C@@H](NC(=O)CSc1nnc(C2CC2)n1C1CC1)c1ccc(Cl)c(Cl)c1. The quantitative estimate of drug-likeness (QED) is 0.667. The van der Waals surface area contributed by atoms with Crippen LogP contribution >= 0.6 is 35.0 Å². The fourth-order valence-corrected chi connectivity index (χ4v) is 4.09. The van der Waals surface area contributed by atoms with Gasteiger partial charge in [0.1, 0.15) is 5.82 Å². The summed E-state index contributed by atoms with van der Waals surface area (Å²) in [4.78, 5) is 12.4. The van der Waals surface area contributed by atoms with Gasteiger partial charge in [-0.1, -0.05) is 41.0 Å². The molecule has 26 heavy (non-hydrogen) atoms. The number of amides is 1. The minimum absolute atomic E-state index is 0.0353. The average molecular weight is 411 g/mol. The van der Waals surface area contributed by atoms with E-state index in [0.717, 1.165) is 16.5 Å². The Morgan fingerprint density at radius 2 is 2.04 bits per heavy atom. The molecule has 0 saturated heterocycles. The van der Waals surface area contributed by atoms with E-state index < -0.39 is 0 Å². The van der Waals surface area contributed by atoms with E-state index >= 15 is 0 Å². The van der Waals surface area contributed by atoms with E-state index in [1.54, 1.807) is 12.1 Å². The number of hydrogen-bond donors (Lipinski definition) is 1. The summed E-state index contributed by atoms with van der Waals surface area (Å²) >= 11 is 13.5. The molecule has 8 heteroatoms. The molecular weight excluding hydrogens is 391 g/mol. The van der Waals surface area contributed by atoms with Gasteiger partial charge >= 0.3 is 0 Å². The third-order valence-corrected chi connectivity index (χ3v) is 6.38. The molecule has 5 nitrogen and oxygen atoms in total. The summed E-state index contributed by atoms with van der Waals surface area (Å²) < 4.78 is 2.26. The third kappa shape index (κ3) is 4.02. The van der Waals surface area contributed by atoms with Crippen molar-refractivity contribution in [3.05, 3.63) is 39.6 Å². The van der Waals surface area contributed by atoms with E-state index in [1.165, 1.54) is 37.4 Å².